The predicted molar refractivity (Wildman–Crippen MR) is 73.8 cm³/mol. The quantitative estimate of drug-likeness (QED) is 0.845. The molecule has 1 saturated heterocycles. The number of Topliss-reactive ketones (excluding diaryl/α,β-unsaturated/α-hetero) is 1. The number of rotatable bonds is 4. The lowest BCUT2D eigenvalue weighted by Crippen LogP contribution is -2.54. The van der Waals surface area contributed by atoms with Gasteiger partial charge in [0.05, 0.1) is 0 Å². The monoisotopic (exact) mass is 264 g/mol. The fraction of sp³-hybridized carbons (Fsp3) is 0.533. The fourth-order valence-electron chi connectivity index (χ4n) is 2.69. The highest BCUT2D eigenvalue weighted by Gasteiger charge is 2.21. The molecule has 0 radical (unpaired) electrons. The van der Waals surface area contributed by atoms with Crippen LogP contribution in [0.4, 0.5) is 4.39 Å². The van der Waals surface area contributed by atoms with Gasteiger partial charge in [0, 0.05) is 43.7 Å². The molecule has 1 N–H and O–H groups in total. The van der Waals surface area contributed by atoms with E-state index in [2.05, 4.69) is 24.1 Å². The van der Waals surface area contributed by atoms with E-state index in [9.17, 15) is 9.18 Å². The highest BCUT2D eigenvalue weighted by atomic mass is 19.1. The topological polar surface area (TPSA) is 32.3 Å². The fourth-order valence-corrected chi connectivity index (χ4v) is 2.69. The summed E-state index contributed by atoms with van der Waals surface area (Å²) in [5.41, 5.74) is 0.469. The average Bonchev–Trinajstić information content (AvgIpc) is 2.35. The maximum Gasteiger partial charge on any atom is 0.164 e. The molecule has 2 atom stereocenters. The summed E-state index contributed by atoms with van der Waals surface area (Å²) in [5.74, 6) is -0.339. The molecule has 0 aliphatic carbocycles. The van der Waals surface area contributed by atoms with Crippen LogP contribution in [0.15, 0.2) is 24.3 Å². The van der Waals surface area contributed by atoms with Crippen LogP contribution in [0.1, 0.15) is 30.6 Å². The summed E-state index contributed by atoms with van der Waals surface area (Å²) in [5, 5.41) is 3.46. The molecule has 19 heavy (non-hydrogen) atoms. The Balaban J connectivity index is 1.86. The molecule has 1 aliphatic rings. The molecule has 0 spiro atoms. The molecule has 0 amide bonds. The summed E-state index contributed by atoms with van der Waals surface area (Å²) >= 11 is 0. The normalized spacial score (nSPS) is 24.4. The lowest BCUT2D eigenvalue weighted by atomic mass is 10.1. The van der Waals surface area contributed by atoms with Crippen molar-refractivity contribution < 1.29 is 9.18 Å². The molecule has 4 heteroatoms. The molecule has 2 rings (SSSR count). The van der Waals surface area contributed by atoms with E-state index in [1.54, 1.807) is 12.1 Å². The largest absolute Gasteiger partial charge is 0.309 e. The van der Waals surface area contributed by atoms with Gasteiger partial charge in [0.15, 0.2) is 5.78 Å². The second-order valence-corrected chi connectivity index (χ2v) is 5.41. The van der Waals surface area contributed by atoms with Gasteiger partial charge in [0.1, 0.15) is 5.82 Å². The second kappa shape index (κ2) is 6.26. The van der Waals surface area contributed by atoms with E-state index in [1.165, 1.54) is 12.1 Å². The van der Waals surface area contributed by atoms with Gasteiger partial charge in [-0.25, -0.2) is 4.39 Å². The number of piperazine rings is 1. The number of benzene rings is 1. The lowest BCUT2D eigenvalue weighted by Gasteiger charge is -2.36. The van der Waals surface area contributed by atoms with Crippen molar-refractivity contribution in [3.8, 4) is 0 Å². The van der Waals surface area contributed by atoms with Crippen molar-refractivity contribution in [1.29, 1.82) is 0 Å². The number of halogens is 1. The average molecular weight is 264 g/mol. The van der Waals surface area contributed by atoms with E-state index in [1.807, 2.05) is 0 Å². The zero-order chi connectivity index (χ0) is 13.8. The minimum absolute atomic E-state index is 0.0124. The van der Waals surface area contributed by atoms with E-state index >= 15 is 0 Å². The van der Waals surface area contributed by atoms with Gasteiger partial charge in [0.2, 0.25) is 0 Å². The van der Waals surface area contributed by atoms with Crippen LogP contribution in [-0.4, -0.2) is 42.4 Å². The molecule has 1 heterocycles. The predicted octanol–water partition coefficient (Wildman–Crippen LogP) is 2.08. The molecule has 104 valence electrons. The van der Waals surface area contributed by atoms with Crippen molar-refractivity contribution in [3.05, 3.63) is 35.6 Å². The molecule has 0 aromatic heterocycles. The summed E-state index contributed by atoms with van der Waals surface area (Å²) in [6, 6.07) is 6.83. The van der Waals surface area contributed by atoms with Crippen molar-refractivity contribution in [2.24, 2.45) is 0 Å². The van der Waals surface area contributed by atoms with Gasteiger partial charge in [-0.15, -0.1) is 0 Å². The zero-order valence-electron chi connectivity index (χ0n) is 11.5. The Morgan fingerprint density at radius 3 is 2.68 bits per heavy atom. The number of ketones is 1. The van der Waals surface area contributed by atoms with Gasteiger partial charge >= 0.3 is 0 Å². The molecule has 0 saturated carbocycles. The maximum atomic E-state index is 13.1. The summed E-state index contributed by atoms with van der Waals surface area (Å²) in [4.78, 5) is 14.3. The molecular formula is C15H21FN2O. The third kappa shape index (κ3) is 4.11. The van der Waals surface area contributed by atoms with Crippen molar-refractivity contribution in [3.63, 3.8) is 0 Å². The van der Waals surface area contributed by atoms with Gasteiger partial charge < -0.3 is 5.32 Å². The zero-order valence-corrected chi connectivity index (χ0v) is 11.5. The highest BCUT2D eigenvalue weighted by molar-refractivity contribution is 5.96. The number of nitrogens with one attached hydrogen (secondary N) is 1. The van der Waals surface area contributed by atoms with E-state index in [4.69, 9.17) is 0 Å². The minimum atomic E-state index is -0.352. The molecule has 3 nitrogen and oxygen atoms in total. The Morgan fingerprint density at radius 1 is 1.37 bits per heavy atom. The summed E-state index contributed by atoms with van der Waals surface area (Å²) < 4.78 is 13.1. The van der Waals surface area contributed by atoms with Crippen LogP contribution < -0.4 is 5.32 Å². The number of hydrogen-bond donors (Lipinski definition) is 1. The van der Waals surface area contributed by atoms with E-state index < -0.39 is 0 Å². The van der Waals surface area contributed by atoms with Gasteiger partial charge in [-0.2, -0.15) is 0 Å². The van der Waals surface area contributed by atoms with E-state index in [0.29, 0.717) is 24.1 Å². The van der Waals surface area contributed by atoms with Crippen LogP contribution in [0.25, 0.3) is 0 Å². The smallest absolute Gasteiger partial charge is 0.164 e. The SMILES string of the molecule is CC1CN(CCC(=O)c2cccc(F)c2)CC(C)N1. The Morgan fingerprint density at radius 2 is 2.05 bits per heavy atom. The number of carbonyl (C=O) groups is 1. The molecule has 2 unspecified atom stereocenters. The third-order valence-corrected chi connectivity index (χ3v) is 3.43. The Hall–Kier alpha value is -1.26. The first-order valence-electron chi connectivity index (χ1n) is 6.82. The van der Waals surface area contributed by atoms with Crippen LogP contribution in [0.3, 0.4) is 0 Å². The van der Waals surface area contributed by atoms with Crippen molar-refractivity contribution in [1.82, 2.24) is 10.2 Å². The third-order valence-electron chi connectivity index (χ3n) is 3.43. The number of hydrogen-bond acceptors (Lipinski definition) is 3. The molecule has 0 bridgehead atoms. The molecular weight excluding hydrogens is 243 g/mol. The van der Waals surface area contributed by atoms with Crippen LogP contribution in [0, 0.1) is 5.82 Å². The van der Waals surface area contributed by atoms with Crippen molar-refractivity contribution >= 4 is 5.78 Å². The first-order chi connectivity index (χ1) is 9.04. The van der Waals surface area contributed by atoms with Crippen LogP contribution in [0.5, 0.6) is 0 Å². The van der Waals surface area contributed by atoms with Crippen LogP contribution >= 0.6 is 0 Å². The Labute approximate surface area is 113 Å². The lowest BCUT2D eigenvalue weighted by molar-refractivity contribution is 0.0945. The second-order valence-electron chi connectivity index (χ2n) is 5.41. The van der Waals surface area contributed by atoms with Crippen molar-refractivity contribution in [2.75, 3.05) is 19.6 Å². The Kier molecular flexibility index (Phi) is 4.66. The minimum Gasteiger partial charge on any atom is -0.309 e. The molecule has 1 aromatic carbocycles. The van der Waals surface area contributed by atoms with Gasteiger partial charge in [0.25, 0.3) is 0 Å². The molecule has 1 aromatic rings. The molecule has 1 fully saturated rings. The van der Waals surface area contributed by atoms with Crippen LogP contribution in [-0.2, 0) is 0 Å². The summed E-state index contributed by atoms with van der Waals surface area (Å²) in [6.45, 7) is 6.96. The molecule has 1 aliphatic heterocycles. The number of carbonyl (C=O) groups excluding carboxylic acids is 1. The van der Waals surface area contributed by atoms with Gasteiger partial charge in [-0.3, -0.25) is 9.69 Å². The first kappa shape index (κ1) is 14.2. The van der Waals surface area contributed by atoms with Crippen LogP contribution in [0.2, 0.25) is 0 Å². The van der Waals surface area contributed by atoms with Gasteiger partial charge in [-0.05, 0) is 26.0 Å². The Bertz CT molecular complexity index is 440. The van der Waals surface area contributed by atoms with E-state index in [0.717, 1.165) is 19.6 Å². The van der Waals surface area contributed by atoms with Gasteiger partial charge in [-0.1, -0.05) is 12.1 Å². The summed E-state index contributed by atoms with van der Waals surface area (Å²) in [7, 11) is 0. The first-order valence-corrected chi connectivity index (χ1v) is 6.82. The standard InChI is InChI=1S/C15H21FN2O/c1-11-9-18(10-12(2)17-11)7-6-15(19)13-4-3-5-14(16)8-13/h3-5,8,11-12,17H,6-7,9-10H2,1-2H3. The van der Waals surface area contributed by atoms with E-state index in [-0.39, 0.29) is 11.6 Å². The highest BCUT2D eigenvalue weighted by Crippen LogP contribution is 2.09. The van der Waals surface area contributed by atoms with Crippen molar-refractivity contribution in [2.45, 2.75) is 32.4 Å². The number of nitrogens with zero attached hydrogens (tertiary/aromatic N) is 1. The maximum absolute atomic E-state index is 13.1. The summed E-state index contributed by atoms with van der Waals surface area (Å²) in [6.07, 6.45) is 0.447.